The average Bonchev–Trinajstić information content (AvgIpc) is 2.23. The van der Waals surface area contributed by atoms with Crippen molar-refractivity contribution in [2.45, 2.75) is 6.92 Å². The lowest BCUT2D eigenvalue weighted by atomic mass is 10.4. The summed E-state index contributed by atoms with van der Waals surface area (Å²) in [7, 11) is 4.89. The van der Waals surface area contributed by atoms with E-state index in [-0.39, 0.29) is 18.4 Å². The Balaban J connectivity index is 4.42. The Kier molecular flexibility index (Phi) is 7.20. The van der Waals surface area contributed by atoms with Crippen molar-refractivity contribution >= 4 is 11.8 Å². The monoisotopic (exact) mass is 228 g/mol. The lowest BCUT2D eigenvalue weighted by molar-refractivity contribution is -0.136. The first kappa shape index (κ1) is 14.6. The maximum atomic E-state index is 11.6. The molecule has 0 aromatic heterocycles. The molecule has 5 nitrogen and oxygen atoms in total. The second-order valence-electron chi connectivity index (χ2n) is 3.54. The first-order chi connectivity index (χ1) is 7.52. The molecular weight excluding hydrogens is 208 g/mol. The van der Waals surface area contributed by atoms with Gasteiger partial charge in [0.1, 0.15) is 6.54 Å². The Morgan fingerprint density at radius 2 is 1.94 bits per heavy atom. The van der Waals surface area contributed by atoms with Crippen LogP contribution in [0.25, 0.3) is 0 Å². The highest BCUT2D eigenvalue weighted by molar-refractivity contribution is 5.91. The summed E-state index contributed by atoms with van der Waals surface area (Å²) in [6, 6.07) is 0. The van der Waals surface area contributed by atoms with E-state index in [4.69, 9.17) is 4.74 Å². The third kappa shape index (κ3) is 5.50. The van der Waals surface area contributed by atoms with Crippen molar-refractivity contribution in [1.82, 2.24) is 9.80 Å². The highest BCUT2D eigenvalue weighted by atomic mass is 16.5. The Bertz CT molecular complexity index is 262. The fourth-order valence-corrected chi connectivity index (χ4v) is 1.02. The van der Waals surface area contributed by atoms with Crippen LogP contribution < -0.4 is 0 Å². The van der Waals surface area contributed by atoms with Gasteiger partial charge in [0.15, 0.2) is 0 Å². The van der Waals surface area contributed by atoms with Gasteiger partial charge in [0.2, 0.25) is 11.8 Å². The van der Waals surface area contributed by atoms with Gasteiger partial charge >= 0.3 is 0 Å². The number of allylic oxidation sites excluding steroid dienone is 1. The quantitative estimate of drug-likeness (QED) is 0.607. The number of nitrogens with zero attached hydrogens (tertiary/aromatic N) is 2. The highest BCUT2D eigenvalue weighted by Gasteiger charge is 2.15. The number of hydrogen-bond acceptors (Lipinski definition) is 3. The van der Waals surface area contributed by atoms with E-state index in [0.29, 0.717) is 13.2 Å². The van der Waals surface area contributed by atoms with Crippen LogP contribution in [0.3, 0.4) is 0 Å². The normalized spacial score (nSPS) is 10.5. The number of amides is 2. The molecule has 0 aromatic carbocycles. The van der Waals surface area contributed by atoms with E-state index in [1.54, 1.807) is 34.2 Å². The first-order valence-corrected chi connectivity index (χ1v) is 5.13. The SMILES string of the molecule is CC=CC(=O)N(CCOC)CC(=O)N(C)C. The van der Waals surface area contributed by atoms with Gasteiger partial charge in [-0.3, -0.25) is 9.59 Å². The molecule has 0 bridgehead atoms. The van der Waals surface area contributed by atoms with Crippen LogP contribution in [-0.4, -0.2) is 62.5 Å². The largest absolute Gasteiger partial charge is 0.383 e. The average molecular weight is 228 g/mol. The van der Waals surface area contributed by atoms with Crippen LogP contribution in [0.1, 0.15) is 6.92 Å². The molecule has 2 amide bonds. The molecule has 0 N–H and O–H groups in total. The number of carbonyl (C=O) groups is 2. The van der Waals surface area contributed by atoms with Crippen molar-refractivity contribution in [3.8, 4) is 0 Å². The molecule has 0 saturated carbocycles. The fraction of sp³-hybridized carbons (Fsp3) is 0.636. The van der Waals surface area contributed by atoms with Crippen molar-refractivity contribution in [1.29, 1.82) is 0 Å². The Hall–Kier alpha value is -1.36. The number of rotatable bonds is 6. The Labute approximate surface area is 96.7 Å². The molecule has 0 spiro atoms. The topological polar surface area (TPSA) is 49.9 Å². The zero-order valence-electron chi connectivity index (χ0n) is 10.4. The molecule has 0 radical (unpaired) electrons. The van der Waals surface area contributed by atoms with Gasteiger partial charge in [0, 0.05) is 27.7 Å². The molecule has 0 saturated heterocycles. The summed E-state index contributed by atoms with van der Waals surface area (Å²) in [6.07, 6.45) is 3.10. The number of carbonyl (C=O) groups excluding carboxylic acids is 2. The van der Waals surface area contributed by atoms with Crippen LogP contribution in [0.2, 0.25) is 0 Å². The standard InChI is InChI=1S/C11H20N2O3/c1-5-6-10(14)13(7-8-16-4)9-11(15)12(2)3/h5-6H,7-9H2,1-4H3. The summed E-state index contributed by atoms with van der Waals surface area (Å²) in [5.41, 5.74) is 0. The van der Waals surface area contributed by atoms with Gasteiger partial charge in [-0.25, -0.2) is 0 Å². The molecule has 0 fully saturated rings. The van der Waals surface area contributed by atoms with Gasteiger partial charge < -0.3 is 14.5 Å². The number of ether oxygens (including phenoxy) is 1. The zero-order valence-corrected chi connectivity index (χ0v) is 10.4. The fourth-order valence-electron chi connectivity index (χ4n) is 1.02. The van der Waals surface area contributed by atoms with Crippen molar-refractivity contribution in [3.63, 3.8) is 0 Å². The number of likely N-dealkylation sites (N-methyl/N-ethyl adjacent to an activating group) is 1. The van der Waals surface area contributed by atoms with Crippen molar-refractivity contribution in [2.75, 3.05) is 40.9 Å². The van der Waals surface area contributed by atoms with Gasteiger partial charge in [0.05, 0.1) is 6.61 Å². The van der Waals surface area contributed by atoms with Gasteiger partial charge in [-0.1, -0.05) is 6.08 Å². The van der Waals surface area contributed by atoms with Crippen molar-refractivity contribution < 1.29 is 14.3 Å². The van der Waals surface area contributed by atoms with E-state index in [1.165, 1.54) is 15.9 Å². The Morgan fingerprint density at radius 3 is 2.38 bits per heavy atom. The van der Waals surface area contributed by atoms with Crippen molar-refractivity contribution in [2.24, 2.45) is 0 Å². The minimum Gasteiger partial charge on any atom is -0.383 e. The van der Waals surface area contributed by atoms with Gasteiger partial charge in [-0.2, -0.15) is 0 Å². The summed E-state index contributed by atoms with van der Waals surface area (Å²) in [6.45, 7) is 2.68. The van der Waals surface area contributed by atoms with Crippen LogP contribution in [0.15, 0.2) is 12.2 Å². The predicted molar refractivity (Wildman–Crippen MR) is 62.0 cm³/mol. The molecule has 0 atom stereocenters. The van der Waals surface area contributed by atoms with Crippen LogP contribution >= 0.6 is 0 Å². The maximum absolute atomic E-state index is 11.6. The molecule has 0 aliphatic carbocycles. The van der Waals surface area contributed by atoms with E-state index in [1.807, 2.05) is 0 Å². The van der Waals surface area contributed by atoms with Crippen molar-refractivity contribution in [3.05, 3.63) is 12.2 Å². The van der Waals surface area contributed by atoms with E-state index in [2.05, 4.69) is 0 Å². The van der Waals surface area contributed by atoms with Gasteiger partial charge in [0.25, 0.3) is 0 Å². The second-order valence-corrected chi connectivity index (χ2v) is 3.54. The number of hydrogen-bond donors (Lipinski definition) is 0. The Morgan fingerprint density at radius 1 is 1.31 bits per heavy atom. The van der Waals surface area contributed by atoms with Gasteiger partial charge in [-0.15, -0.1) is 0 Å². The molecule has 0 aromatic rings. The summed E-state index contributed by atoms with van der Waals surface area (Å²) in [5.74, 6) is -0.274. The highest BCUT2D eigenvalue weighted by Crippen LogP contribution is 1.94. The van der Waals surface area contributed by atoms with E-state index in [0.717, 1.165) is 0 Å². The third-order valence-corrected chi connectivity index (χ3v) is 2.01. The van der Waals surface area contributed by atoms with E-state index >= 15 is 0 Å². The van der Waals surface area contributed by atoms with E-state index in [9.17, 15) is 9.59 Å². The maximum Gasteiger partial charge on any atom is 0.246 e. The molecule has 92 valence electrons. The molecule has 5 heteroatoms. The first-order valence-electron chi connectivity index (χ1n) is 5.13. The summed E-state index contributed by atoms with van der Waals surface area (Å²) >= 11 is 0. The number of methoxy groups -OCH3 is 1. The van der Waals surface area contributed by atoms with Gasteiger partial charge in [-0.05, 0) is 13.0 Å². The minimum absolute atomic E-state index is 0.0829. The molecular formula is C11H20N2O3. The van der Waals surface area contributed by atoms with Crippen LogP contribution in [0, 0.1) is 0 Å². The minimum atomic E-state index is -0.172. The molecule has 0 rings (SSSR count). The molecule has 0 aliphatic rings. The molecule has 16 heavy (non-hydrogen) atoms. The van der Waals surface area contributed by atoms with Crippen LogP contribution in [0.5, 0.6) is 0 Å². The van der Waals surface area contributed by atoms with Crippen LogP contribution in [-0.2, 0) is 14.3 Å². The molecule has 0 unspecified atom stereocenters. The lowest BCUT2D eigenvalue weighted by Gasteiger charge is -2.22. The third-order valence-electron chi connectivity index (χ3n) is 2.01. The summed E-state index contributed by atoms with van der Waals surface area (Å²) in [5, 5.41) is 0. The summed E-state index contributed by atoms with van der Waals surface area (Å²) in [4.78, 5) is 26.0. The molecule has 0 heterocycles. The predicted octanol–water partition coefficient (Wildman–Crippen LogP) is 0.126. The smallest absolute Gasteiger partial charge is 0.246 e. The van der Waals surface area contributed by atoms with Crippen LogP contribution in [0.4, 0.5) is 0 Å². The summed E-state index contributed by atoms with van der Waals surface area (Å²) < 4.78 is 4.90. The van der Waals surface area contributed by atoms with E-state index < -0.39 is 0 Å². The zero-order chi connectivity index (χ0) is 12.6. The second kappa shape index (κ2) is 7.87. The molecule has 0 aliphatic heterocycles. The lowest BCUT2D eigenvalue weighted by Crippen LogP contribution is -2.41.